The van der Waals surface area contributed by atoms with E-state index in [1.54, 1.807) is 45.7 Å². The number of anilines is 1. The van der Waals surface area contributed by atoms with Gasteiger partial charge >= 0.3 is 0 Å². The molecule has 0 aliphatic heterocycles. The first-order chi connectivity index (χ1) is 11.5. The molecule has 24 heavy (non-hydrogen) atoms. The van der Waals surface area contributed by atoms with Crippen molar-refractivity contribution in [3.8, 4) is 17.0 Å². The minimum atomic E-state index is -0.106. The van der Waals surface area contributed by atoms with Gasteiger partial charge in [-0.25, -0.2) is 15.0 Å². The maximum atomic E-state index is 12.6. The number of nitrogen functional groups attached to an aromatic ring is 1. The molecule has 0 atom stereocenters. The number of nitrogens with two attached hydrogens (primary N) is 1. The predicted octanol–water partition coefficient (Wildman–Crippen LogP) is 1.98. The molecule has 2 N–H and O–H groups in total. The number of nitrogens with zero attached hydrogens (tertiary/aromatic N) is 4. The van der Waals surface area contributed by atoms with Gasteiger partial charge in [-0.15, -0.1) is 0 Å². The number of fused-ring (bicyclic) bond motifs is 1. The van der Waals surface area contributed by atoms with Crippen molar-refractivity contribution in [2.75, 3.05) is 26.9 Å². The highest BCUT2D eigenvalue weighted by atomic mass is 16.5. The van der Waals surface area contributed by atoms with Crippen LogP contribution in [0, 0.1) is 0 Å². The SMILES string of the molecule is COc1ccc2c(C(=O)N(C)C)cc(-c3cnc(N)nc3)nc2c1. The lowest BCUT2D eigenvalue weighted by Gasteiger charge is -2.14. The average molecular weight is 323 g/mol. The number of carbonyl (C=O) groups excluding carboxylic acids is 1. The summed E-state index contributed by atoms with van der Waals surface area (Å²) in [6, 6.07) is 7.18. The monoisotopic (exact) mass is 323 g/mol. The van der Waals surface area contributed by atoms with Crippen LogP contribution in [0.4, 0.5) is 5.95 Å². The van der Waals surface area contributed by atoms with Gasteiger partial charge in [0, 0.05) is 43.5 Å². The van der Waals surface area contributed by atoms with Crippen LogP contribution in [0.2, 0.25) is 0 Å². The fourth-order valence-corrected chi connectivity index (χ4v) is 2.37. The van der Waals surface area contributed by atoms with Crippen molar-refractivity contribution in [2.45, 2.75) is 0 Å². The zero-order chi connectivity index (χ0) is 17.3. The number of pyridine rings is 1. The Hall–Kier alpha value is -3.22. The number of methoxy groups -OCH3 is 1. The molecule has 0 saturated carbocycles. The van der Waals surface area contributed by atoms with E-state index < -0.39 is 0 Å². The molecule has 1 aromatic carbocycles. The number of rotatable bonds is 3. The Bertz CT molecular complexity index is 907. The van der Waals surface area contributed by atoms with E-state index in [0.29, 0.717) is 28.1 Å². The Labute approximate surface area is 139 Å². The van der Waals surface area contributed by atoms with E-state index in [2.05, 4.69) is 15.0 Å². The normalized spacial score (nSPS) is 10.6. The van der Waals surface area contributed by atoms with Crippen molar-refractivity contribution >= 4 is 22.8 Å². The van der Waals surface area contributed by atoms with Crippen molar-refractivity contribution in [1.29, 1.82) is 0 Å². The highest BCUT2D eigenvalue weighted by molar-refractivity contribution is 6.07. The van der Waals surface area contributed by atoms with Crippen molar-refractivity contribution in [3.63, 3.8) is 0 Å². The molecule has 7 heteroatoms. The molecule has 2 heterocycles. The fraction of sp³-hybridized carbons (Fsp3) is 0.176. The van der Waals surface area contributed by atoms with E-state index >= 15 is 0 Å². The van der Waals surface area contributed by atoms with E-state index in [0.717, 1.165) is 5.39 Å². The smallest absolute Gasteiger partial charge is 0.254 e. The second-order valence-electron chi connectivity index (χ2n) is 5.47. The number of amides is 1. The number of hydrogen-bond acceptors (Lipinski definition) is 6. The van der Waals surface area contributed by atoms with Gasteiger partial charge in [-0.3, -0.25) is 4.79 Å². The first kappa shape index (κ1) is 15.7. The third-order valence-electron chi connectivity index (χ3n) is 3.62. The van der Waals surface area contributed by atoms with Gasteiger partial charge in [0.25, 0.3) is 5.91 Å². The maximum absolute atomic E-state index is 12.6. The van der Waals surface area contributed by atoms with Gasteiger partial charge < -0.3 is 15.4 Å². The first-order valence-electron chi connectivity index (χ1n) is 7.28. The summed E-state index contributed by atoms with van der Waals surface area (Å²) in [4.78, 5) is 26.7. The lowest BCUT2D eigenvalue weighted by Crippen LogP contribution is -2.22. The average Bonchev–Trinajstić information content (AvgIpc) is 2.60. The maximum Gasteiger partial charge on any atom is 0.254 e. The summed E-state index contributed by atoms with van der Waals surface area (Å²) in [5, 5.41) is 0.759. The summed E-state index contributed by atoms with van der Waals surface area (Å²) in [7, 11) is 5.01. The molecule has 0 radical (unpaired) electrons. The number of benzene rings is 1. The largest absolute Gasteiger partial charge is 0.497 e. The lowest BCUT2D eigenvalue weighted by molar-refractivity contribution is 0.0829. The van der Waals surface area contributed by atoms with E-state index in [4.69, 9.17) is 10.5 Å². The Morgan fingerprint density at radius 3 is 2.50 bits per heavy atom. The van der Waals surface area contributed by atoms with Crippen LogP contribution in [-0.4, -0.2) is 47.0 Å². The van der Waals surface area contributed by atoms with Gasteiger partial charge in [-0.1, -0.05) is 0 Å². The minimum absolute atomic E-state index is 0.106. The number of hydrogen-bond donors (Lipinski definition) is 1. The molecule has 3 aromatic rings. The highest BCUT2D eigenvalue weighted by Crippen LogP contribution is 2.27. The van der Waals surface area contributed by atoms with E-state index in [9.17, 15) is 4.79 Å². The fourth-order valence-electron chi connectivity index (χ4n) is 2.37. The first-order valence-corrected chi connectivity index (χ1v) is 7.28. The molecule has 2 aromatic heterocycles. The zero-order valence-electron chi connectivity index (χ0n) is 13.6. The van der Waals surface area contributed by atoms with Crippen LogP contribution in [0.25, 0.3) is 22.2 Å². The Morgan fingerprint density at radius 1 is 1.17 bits per heavy atom. The topological polar surface area (TPSA) is 94.2 Å². The van der Waals surface area contributed by atoms with Gasteiger partial charge in [0.1, 0.15) is 5.75 Å². The van der Waals surface area contributed by atoms with E-state index in [1.807, 2.05) is 12.1 Å². The van der Waals surface area contributed by atoms with Crippen molar-refractivity contribution in [1.82, 2.24) is 19.9 Å². The van der Waals surface area contributed by atoms with Gasteiger partial charge in [0.05, 0.1) is 23.9 Å². The minimum Gasteiger partial charge on any atom is -0.497 e. The summed E-state index contributed by atoms with van der Waals surface area (Å²) >= 11 is 0. The Morgan fingerprint density at radius 2 is 1.88 bits per heavy atom. The summed E-state index contributed by atoms with van der Waals surface area (Å²) in [6.07, 6.45) is 3.17. The number of ether oxygens (including phenoxy) is 1. The van der Waals surface area contributed by atoms with Crippen LogP contribution in [0.15, 0.2) is 36.7 Å². The van der Waals surface area contributed by atoms with Gasteiger partial charge in [-0.2, -0.15) is 0 Å². The molecule has 122 valence electrons. The Kier molecular flexibility index (Phi) is 3.99. The van der Waals surface area contributed by atoms with Crippen LogP contribution in [0.3, 0.4) is 0 Å². The van der Waals surface area contributed by atoms with Gasteiger partial charge in [0.2, 0.25) is 5.95 Å². The molecule has 7 nitrogen and oxygen atoms in total. The van der Waals surface area contributed by atoms with Crippen LogP contribution in [0.1, 0.15) is 10.4 Å². The molecule has 1 amide bonds. The van der Waals surface area contributed by atoms with Crippen LogP contribution in [-0.2, 0) is 0 Å². The molecule has 0 spiro atoms. The zero-order valence-corrected chi connectivity index (χ0v) is 13.6. The quantitative estimate of drug-likeness (QED) is 0.792. The Balaban J connectivity index is 2.26. The van der Waals surface area contributed by atoms with E-state index in [1.165, 1.54) is 4.90 Å². The number of aromatic nitrogens is 3. The predicted molar refractivity (Wildman–Crippen MR) is 91.8 cm³/mol. The van der Waals surface area contributed by atoms with Gasteiger partial charge in [0.15, 0.2) is 0 Å². The standard InChI is InChI=1S/C17H17N5O2/c1-22(2)16(23)13-7-14(10-8-19-17(18)20-9-10)21-15-6-11(24-3)4-5-12(13)15/h4-9H,1-3H3,(H2,18,19,20). The summed E-state index contributed by atoms with van der Waals surface area (Å²) in [5.41, 5.74) is 8.03. The second-order valence-corrected chi connectivity index (χ2v) is 5.47. The van der Waals surface area contributed by atoms with E-state index in [-0.39, 0.29) is 11.9 Å². The van der Waals surface area contributed by atoms with Crippen LogP contribution < -0.4 is 10.5 Å². The molecule has 0 bridgehead atoms. The second kappa shape index (κ2) is 6.11. The summed E-state index contributed by atoms with van der Waals surface area (Å²) in [6.45, 7) is 0. The van der Waals surface area contributed by atoms with Crippen LogP contribution in [0.5, 0.6) is 5.75 Å². The summed E-state index contributed by atoms with van der Waals surface area (Å²) < 4.78 is 5.25. The molecule has 0 fully saturated rings. The third-order valence-corrected chi connectivity index (χ3v) is 3.62. The van der Waals surface area contributed by atoms with Crippen LogP contribution >= 0.6 is 0 Å². The molecule has 0 saturated heterocycles. The molecular weight excluding hydrogens is 306 g/mol. The highest BCUT2D eigenvalue weighted by Gasteiger charge is 2.16. The molecular formula is C17H17N5O2. The van der Waals surface area contributed by atoms with Crippen molar-refractivity contribution in [2.24, 2.45) is 0 Å². The summed E-state index contributed by atoms with van der Waals surface area (Å²) in [5.74, 6) is 0.750. The van der Waals surface area contributed by atoms with Gasteiger partial charge in [-0.05, 0) is 18.2 Å². The molecule has 0 aliphatic carbocycles. The molecule has 0 aliphatic rings. The molecule has 3 rings (SSSR count). The third kappa shape index (κ3) is 2.83. The lowest BCUT2D eigenvalue weighted by atomic mass is 10.0. The number of carbonyl (C=O) groups is 1. The molecule has 0 unspecified atom stereocenters. The van der Waals surface area contributed by atoms with Crippen molar-refractivity contribution in [3.05, 3.63) is 42.2 Å². The van der Waals surface area contributed by atoms with Crippen molar-refractivity contribution < 1.29 is 9.53 Å².